The molecule has 1 aliphatic heterocycles. The zero-order chi connectivity index (χ0) is 28.8. The highest BCUT2D eigenvalue weighted by Crippen LogP contribution is 2.40. The fraction of sp³-hybridized carbons (Fsp3) is 0.167. The Hall–Kier alpha value is -3.72. The minimum atomic E-state index is -0.770. The number of halogens is 2. The van der Waals surface area contributed by atoms with Crippen molar-refractivity contribution < 1.29 is 28.9 Å². The molecule has 10 heteroatoms. The van der Waals surface area contributed by atoms with E-state index in [0.29, 0.717) is 37.6 Å². The number of aliphatic hydroxyl groups is 1. The van der Waals surface area contributed by atoms with Crippen LogP contribution in [-0.4, -0.2) is 35.7 Å². The van der Waals surface area contributed by atoms with Crippen molar-refractivity contribution in [2.24, 2.45) is 4.99 Å². The van der Waals surface area contributed by atoms with Gasteiger partial charge in [-0.1, -0.05) is 64.8 Å². The van der Waals surface area contributed by atoms with Gasteiger partial charge in [-0.2, -0.15) is 0 Å². The molecule has 0 radical (unpaired) electrons. The van der Waals surface area contributed by atoms with Crippen molar-refractivity contribution in [2.75, 3.05) is 13.7 Å². The monoisotopic (exact) mass is 597 g/mol. The zero-order valence-electron chi connectivity index (χ0n) is 21.9. The normalized spacial score (nSPS) is 15.0. The molecular weight excluding hydrogens is 573 g/mol. The number of amides is 1. The summed E-state index contributed by atoms with van der Waals surface area (Å²) in [6, 6.07) is 17.3. The Morgan fingerprint density at radius 1 is 1.02 bits per heavy atom. The van der Waals surface area contributed by atoms with E-state index in [-0.39, 0.29) is 29.6 Å². The van der Waals surface area contributed by atoms with E-state index in [2.05, 4.69) is 4.99 Å². The summed E-state index contributed by atoms with van der Waals surface area (Å²) < 4.78 is 16.5. The van der Waals surface area contributed by atoms with Gasteiger partial charge in [0.2, 0.25) is 0 Å². The molecule has 0 saturated heterocycles. The number of thioether (sulfide) groups is 1. The lowest BCUT2D eigenvalue weighted by molar-refractivity contribution is -0.138. The van der Waals surface area contributed by atoms with Gasteiger partial charge in [0, 0.05) is 21.2 Å². The van der Waals surface area contributed by atoms with Gasteiger partial charge >= 0.3 is 5.97 Å². The van der Waals surface area contributed by atoms with Crippen molar-refractivity contribution in [3.05, 3.63) is 109 Å². The second kappa shape index (κ2) is 13.1. The molecule has 0 aromatic heterocycles. The summed E-state index contributed by atoms with van der Waals surface area (Å²) in [4.78, 5) is 29.9. The highest BCUT2D eigenvalue weighted by molar-refractivity contribution is 8.18. The highest BCUT2D eigenvalue weighted by Gasteiger charge is 2.34. The Labute approximate surface area is 246 Å². The van der Waals surface area contributed by atoms with Crippen molar-refractivity contribution in [1.29, 1.82) is 0 Å². The topological polar surface area (TPSA) is 94.4 Å². The van der Waals surface area contributed by atoms with Gasteiger partial charge in [0.05, 0.1) is 18.6 Å². The lowest BCUT2D eigenvalue weighted by atomic mass is 10.1. The number of methoxy groups -OCH3 is 1. The Balaban J connectivity index is 1.61. The smallest absolute Gasteiger partial charge is 0.344 e. The maximum Gasteiger partial charge on any atom is 0.344 e. The quantitative estimate of drug-likeness (QED) is 0.267. The molecule has 0 bridgehead atoms. The molecule has 4 rings (SSSR count). The zero-order valence-corrected chi connectivity index (χ0v) is 24.2. The predicted octanol–water partition coefficient (Wildman–Crippen LogP) is 7.59. The third-order valence-electron chi connectivity index (χ3n) is 5.76. The van der Waals surface area contributed by atoms with Gasteiger partial charge in [-0.15, -0.1) is 0 Å². The van der Waals surface area contributed by atoms with Crippen LogP contribution in [-0.2, 0) is 16.1 Å². The summed E-state index contributed by atoms with van der Waals surface area (Å²) in [5.41, 5.74) is 2.60. The van der Waals surface area contributed by atoms with E-state index in [1.54, 1.807) is 73.7 Å². The van der Waals surface area contributed by atoms with E-state index in [1.165, 1.54) is 7.11 Å². The van der Waals surface area contributed by atoms with Gasteiger partial charge < -0.3 is 19.3 Å². The van der Waals surface area contributed by atoms with E-state index >= 15 is 0 Å². The van der Waals surface area contributed by atoms with Gasteiger partial charge in [0.15, 0.2) is 11.5 Å². The molecule has 0 saturated carbocycles. The Bertz CT molecular complexity index is 1550. The number of ether oxygens (including phenoxy) is 3. The summed E-state index contributed by atoms with van der Waals surface area (Å²) >= 11 is 13.2. The first-order valence-electron chi connectivity index (χ1n) is 12.1. The first-order chi connectivity index (χ1) is 19.2. The molecule has 1 aliphatic rings. The molecule has 1 amide bonds. The number of esters is 1. The van der Waals surface area contributed by atoms with Crippen molar-refractivity contribution in [1.82, 2.24) is 0 Å². The van der Waals surface area contributed by atoms with Crippen LogP contribution in [0.1, 0.15) is 34.0 Å². The van der Waals surface area contributed by atoms with Crippen LogP contribution in [0.4, 0.5) is 0 Å². The molecule has 1 heterocycles. The lowest BCUT2D eigenvalue weighted by Crippen LogP contribution is -2.14. The highest BCUT2D eigenvalue weighted by atomic mass is 35.5. The van der Waals surface area contributed by atoms with E-state index in [9.17, 15) is 14.7 Å². The summed E-state index contributed by atoms with van der Waals surface area (Å²) in [5.74, 6) is -0.709. The SMILES string of the molecule is CCOC(=O)C1=C(O)/C(=C/c2ccc(OCc3ccc(Cl)cc3Cl)c(OC)c2)SC1=NC(=O)c1ccc(C)cc1. The molecule has 0 spiro atoms. The largest absolute Gasteiger partial charge is 0.506 e. The van der Waals surface area contributed by atoms with Crippen LogP contribution < -0.4 is 9.47 Å². The summed E-state index contributed by atoms with van der Waals surface area (Å²) in [7, 11) is 1.51. The maximum atomic E-state index is 12.8. The molecule has 206 valence electrons. The summed E-state index contributed by atoms with van der Waals surface area (Å²) in [5, 5.41) is 12.0. The third-order valence-corrected chi connectivity index (χ3v) is 7.36. The fourth-order valence-electron chi connectivity index (χ4n) is 3.68. The first kappa shape index (κ1) is 29.3. The maximum absolute atomic E-state index is 12.8. The minimum absolute atomic E-state index is 0.0551. The van der Waals surface area contributed by atoms with E-state index < -0.39 is 11.9 Å². The molecule has 1 N–H and O–H groups in total. The number of aryl methyl sites for hydroxylation is 1. The average molecular weight is 599 g/mol. The summed E-state index contributed by atoms with van der Waals surface area (Å²) in [6.45, 7) is 3.86. The van der Waals surface area contributed by atoms with Gasteiger partial charge in [-0.3, -0.25) is 4.79 Å². The standard InChI is InChI=1S/C30H25Cl2NO6S/c1-4-38-30(36)26-27(34)25(40-29(26)33-28(35)19-8-5-17(2)6-9-19)14-18-7-12-23(24(13-18)37-3)39-16-20-10-11-21(31)15-22(20)32/h5-15,34H,4,16H2,1-3H3/b25-14-,33-29?. The second-order valence-corrected chi connectivity index (χ2v) is 10.5. The van der Waals surface area contributed by atoms with Crippen molar-refractivity contribution >= 4 is 58.0 Å². The van der Waals surface area contributed by atoms with E-state index in [4.69, 9.17) is 37.4 Å². The van der Waals surface area contributed by atoms with Gasteiger partial charge in [0.1, 0.15) is 23.0 Å². The number of hydrogen-bond acceptors (Lipinski definition) is 7. The number of hydrogen-bond donors (Lipinski definition) is 1. The molecule has 0 aliphatic carbocycles. The number of carbonyl (C=O) groups is 2. The molecule has 3 aromatic carbocycles. The van der Waals surface area contributed by atoms with E-state index in [1.807, 2.05) is 6.92 Å². The molecule has 7 nitrogen and oxygen atoms in total. The van der Waals surface area contributed by atoms with Crippen molar-refractivity contribution in [2.45, 2.75) is 20.5 Å². The first-order valence-corrected chi connectivity index (χ1v) is 13.7. The number of aliphatic hydroxyl groups excluding tert-OH is 1. The minimum Gasteiger partial charge on any atom is -0.506 e. The van der Waals surface area contributed by atoms with Gasteiger partial charge in [0.25, 0.3) is 5.91 Å². The third kappa shape index (κ3) is 6.88. The Kier molecular flexibility index (Phi) is 9.58. The number of nitrogens with zero attached hydrogens (tertiary/aromatic N) is 1. The number of aliphatic imine (C=N–C) groups is 1. The molecule has 0 fully saturated rings. The average Bonchev–Trinajstić information content (AvgIpc) is 3.23. The number of rotatable bonds is 8. The van der Waals surface area contributed by atoms with Crippen LogP contribution in [0.3, 0.4) is 0 Å². The van der Waals surface area contributed by atoms with Gasteiger partial charge in [-0.25, -0.2) is 9.79 Å². The fourth-order valence-corrected chi connectivity index (χ4v) is 5.16. The Morgan fingerprint density at radius 2 is 1.77 bits per heavy atom. The van der Waals surface area contributed by atoms with Crippen molar-refractivity contribution in [3.63, 3.8) is 0 Å². The van der Waals surface area contributed by atoms with Crippen LogP contribution >= 0.6 is 35.0 Å². The van der Waals surface area contributed by atoms with Crippen LogP contribution in [0.25, 0.3) is 6.08 Å². The van der Waals surface area contributed by atoms with Crippen LogP contribution in [0, 0.1) is 6.92 Å². The molecule has 3 aromatic rings. The van der Waals surface area contributed by atoms with Crippen LogP contribution in [0.2, 0.25) is 10.0 Å². The second-order valence-electron chi connectivity index (χ2n) is 8.58. The molecule has 0 atom stereocenters. The summed E-state index contributed by atoms with van der Waals surface area (Å²) in [6.07, 6.45) is 1.65. The molecular formula is C30H25Cl2NO6S. The van der Waals surface area contributed by atoms with Gasteiger partial charge in [-0.05, 0) is 61.9 Å². The van der Waals surface area contributed by atoms with E-state index in [0.717, 1.165) is 22.9 Å². The molecule has 0 unspecified atom stereocenters. The lowest BCUT2D eigenvalue weighted by Gasteiger charge is -2.12. The number of benzene rings is 3. The van der Waals surface area contributed by atoms with Crippen LogP contribution in [0.5, 0.6) is 11.5 Å². The van der Waals surface area contributed by atoms with Crippen LogP contribution in [0.15, 0.2) is 81.9 Å². The predicted molar refractivity (Wildman–Crippen MR) is 159 cm³/mol. The molecule has 40 heavy (non-hydrogen) atoms. The van der Waals surface area contributed by atoms with Crippen molar-refractivity contribution in [3.8, 4) is 11.5 Å². The Morgan fingerprint density at radius 3 is 2.45 bits per heavy atom. The number of carbonyl (C=O) groups excluding carboxylic acids is 2.